The molecular formula is C15H23FN2O2. The second-order valence-electron chi connectivity index (χ2n) is 5.35. The molecule has 0 saturated carbocycles. The molecule has 0 spiro atoms. The first-order chi connectivity index (χ1) is 9.60. The molecule has 0 bridgehead atoms. The Bertz CT molecular complexity index is 420. The second kappa shape index (κ2) is 7.13. The average Bonchev–Trinajstić information content (AvgIpc) is 2.74. The van der Waals surface area contributed by atoms with E-state index in [9.17, 15) is 14.6 Å². The zero-order valence-corrected chi connectivity index (χ0v) is 11.8. The predicted molar refractivity (Wildman–Crippen MR) is 75.9 cm³/mol. The first kappa shape index (κ1) is 15.4. The number of hydrogen-bond donors (Lipinski definition) is 3. The van der Waals surface area contributed by atoms with Gasteiger partial charge in [0.05, 0.1) is 12.2 Å². The number of aliphatic hydroxyl groups excluding tert-OH is 2. The van der Waals surface area contributed by atoms with Gasteiger partial charge in [0.1, 0.15) is 5.82 Å². The minimum atomic E-state index is -0.651. The number of aliphatic hydroxyl groups is 2. The summed E-state index contributed by atoms with van der Waals surface area (Å²) in [5, 5.41) is 22.4. The van der Waals surface area contributed by atoms with E-state index in [0.717, 1.165) is 25.1 Å². The zero-order chi connectivity index (χ0) is 14.5. The highest BCUT2D eigenvalue weighted by Crippen LogP contribution is 2.20. The van der Waals surface area contributed by atoms with E-state index >= 15 is 0 Å². The van der Waals surface area contributed by atoms with Gasteiger partial charge in [0, 0.05) is 25.7 Å². The van der Waals surface area contributed by atoms with Gasteiger partial charge >= 0.3 is 0 Å². The van der Waals surface area contributed by atoms with Crippen molar-refractivity contribution in [3.8, 4) is 0 Å². The van der Waals surface area contributed by atoms with E-state index in [-0.39, 0.29) is 11.9 Å². The van der Waals surface area contributed by atoms with Crippen molar-refractivity contribution in [2.75, 3.05) is 26.2 Å². The van der Waals surface area contributed by atoms with Crippen molar-refractivity contribution in [1.82, 2.24) is 10.2 Å². The van der Waals surface area contributed by atoms with E-state index in [1.807, 2.05) is 17.9 Å². The topological polar surface area (TPSA) is 55.7 Å². The fourth-order valence-electron chi connectivity index (χ4n) is 2.70. The summed E-state index contributed by atoms with van der Waals surface area (Å²) in [6.07, 6.45) is -0.486. The van der Waals surface area contributed by atoms with Crippen molar-refractivity contribution < 1.29 is 14.6 Å². The molecule has 4 nitrogen and oxygen atoms in total. The Hall–Kier alpha value is -1.01. The molecule has 1 saturated heterocycles. The van der Waals surface area contributed by atoms with Crippen molar-refractivity contribution in [3.63, 3.8) is 0 Å². The number of rotatable bonds is 6. The molecule has 0 radical (unpaired) electrons. The molecule has 1 aliphatic heterocycles. The molecular weight excluding hydrogens is 259 g/mol. The van der Waals surface area contributed by atoms with Gasteiger partial charge in [-0.2, -0.15) is 0 Å². The van der Waals surface area contributed by atoms with Gasteiger partial charge in [-0.3, -0.25) is 4.90 Å². The summed E-state index contributed by atoms with van der Waals surface area (Å²) in [5.41, 5.74) is 0.937. The molecule has 112 valence electrons. The van der Waals surface area contributed by atoms with Crippen LogP contribution in [0.1, 0.15) is 24.9 Å². The summed E-state index contributed by atoms with van der Waals surface area (Å²) < 4.78 is 13.3. The van der Waals surface area contributed by atoms with Crippen LogP contribution in [0.15, 0.2) is 24.3 Å². The minimum Gasteiger partial charge on any atom is -0.389 e. The van der Waals surface area contributed by atoms with Crippen LogP contribution in [0.5, 0.6) is 0 Å². The SMILES string of the molecule is CCNC(CCN1CC(O)C(O)C1)c1cccc(F)c1. The van der Waals surface area contributed by atoms with E-state index in [4.69, 9.17) is 0 Å². The lowest BCUT2D eigenvalue weighted by Crippen LogP contribution is -2.29. The summed E-state index contributed by atoms with van der Waals surface area (Å²) in [5.74, 6) is -0.225. The first-order valence-corrected chi connectivity index (χ1v) is 7.17. The van der Waals surface area contributed by atoms with Crippen LogP contribution in [0, 0.1) is 5.82 Å². The van der Waals surface area contributed by atoms with E-state index in [2.05, 4.69) is 5.32 Å². The third-order valence-electron chi connectivity index (χ3n) is 3.77. The molecule has 1 fully saturated rings. The lowest BCUT2D eigenvalue weighted by Gasteiger charge is -2.22. The molecule has 1 aliphatic rings. The molecule has 3 N–H and O–H groups in total. The number of hydrogen-bond acceptors (Lipinski definition) is 4. The van der Waals surface area contributed by atoms with Crippen LogP contribution >= 0.6 is 0 Å². The molecule has 0 aliphatic carbocycles. The average molecular weight is 282 g/mol. The van der Waals surface area contributed by atoms with Crippen LogP contribution in [-0.4, -0.2) is 53.5 Å². The minimum absolute atomic E-state index is 0.0885. The first-order valence-electron chi connectivity index (χ1n) is 7.17. The van der Waals surface area contributed by atoms with Gasteiger partial charge in [-0.25, -0.2) is 4.39 Å². The normalized spacial score (nSPS) is 25.0. The smallest absolute Gasteiger partial charge is 0.123 e. The molecule has 3 unspecified atom stereocenters. The largest absolute Gasteiger partial charge is 0.389 e. The fourth-order valence-corrected chi connectivity index (χ4v) is 2.70. The van der Waals surface area contributed by atoms with Gasteiger partial charge < -0.3 is 15.5 Å². The van der Waals surface area contributed by atoms with Gasteiger partial charge in [0.15, 0.2) is 0 Å². The molecule has 1 aromatic rings. The van der Waals surface area contributed by atoms with E-state index < -0.39 is 12.2 Å². The Morgan fingerprint density at radius 2 is 2.05 bits per heavy atom. The van der Waals surface area contributed by atoms with Crippen LogP contribution in [0.25, 0.3) is 0 Å². The van der Waals surface area contributed by atoms with E-state index in [0.29, 0.717) is 13.1 Å². The van der Waals surface area contributed by atoms with Gasteiger partial charge in [-0.05, 0) is 30.7 Å². The van der Waals surface area contributed by atoms with Crippen LogP contribution in [0.4, 0.5) is 4.39 Å². The molecule has 20 heavy (non-hydrogen) atoms. The molecule has 0 aromatic heterocycles. The van der Waals surface area contributed by atoms with Crippen LogP contribution < -0.4 is 5.32 Å². The Labute approximate surface area is 119 Å². The van der Waals surface area contributed by atoms with Crippen molar-refractivity contribution in [1.29, 1.82) is 0 Å². The third-order valence-corrected chi connectivity index (χ3v) is 3.77. The summed E-state index contributed by atoms with van der Waals surface area (Å²) in [6, 6.07) is 6.73. The quantitative estimate of drug-likeness (QED) is 0.726. The third kappa shape index (κ3) is 3.99. The summed E-state index contributed by atoms with van der Waals surface area (Å²) >= 11 is 0. The maximum Gasteiger partial charge on any atom is 0.123 e. The molecule has 2 rings (SSSR count). The highest BCUT2D eigenvalue weighted by molar-refractivity contribution is 5.20. The number of nitrogens with one attached hydrogen (secondary N) is 1. The molecule has 5 heteroatoms. The van der Waals surface area contributed by atoms with E-state index in [1.54, 1.807) is 12.1 Å². The lowest BCUT2D eigenvalue weighted by molar-refractivity contribution is 0.0572. The predicted octanol–water partition coefficient (Wildman–Crippen LogP) is 0.904. The number of halogens is 1. The van der Waals surface area contributed by atoms with Gasteiger partial charge in [-0.15, -0.1) is 0 Å². The zero-order valence-electron chi connectivity index (χ0n) is 11.8. The van der Waals surface area contributed by atoms with E-state index in [1.165, 1.54) is 6.07 Å². The highest BCUT2D eigenvalue weighted by Gasteiger charge is 2.29. The molecule has 3 atom stereocenters. The summed E-state index contributed by atoms with van der Waals surface area (Å²) in [6.45, 7) is 4.61. The van der Waals surface area contributed by atoms with Crippen molar-refractivity contribution in [2.24, 2.45) is 0 Å². The number of β-amino-alcohol motifs (C(OH)–C–C–N with tert-alkyl or cyclic N) is 2. The fraction of sp³-hybridized carbons (Fsp3) is 0.600. The Balaban J connectivity index is 1.93. The van der Waals surface area contributed by atoms with Crippen LogP contribution in [0.2, 0.25) is 0 Å². The summed E-state index contributed by atoms with van der Waals surface area (Å²) in [4.78, 5) is 2.04. The standard InChI is InChI=1S/C15H23FN2O2/c1-2-17-13(11-4-3-5-12(16)8-11)6-7-18-9-14(19)15(20)10-18/h3-5,8,13-15,17,19-20H,2,6-7,9-10H2,1H3. The Morgan fingerprint density at radius 3 is 2.65 bits per heavy atom. The maximum atomic E-state index is 13.3. The van der Waals surface area contributed by atoms with Crippen molar-refractivity contribution in [3.05, 3.63) is 35.6 Å². The lowest BCUT2D eigenvalue weighted by atomic mass is 10.0. The second-order valence-corrected chi connectivity index (χ2v) is 5.35. The molecule has 0 amide bonds. The Kier molecular flexibility index (Phi) is 5.48. The molecule has 1 heterocycles. The molecule has 1 aromatic carbocycles. The highest BCUT2D eigenvalue weighted by atomic mass is 19.1. The monoisotopic (exact) mass is 282 g/mol. The Morgan fingerprint density at radius 1 is 1.35 bits per heavy atom. The number of benzene rings is 1. The van der Waals surface area contributed by atoms with Crippen LogP contribution in [0.3, 0.4) is 0 Å². The summed E-state index contributed by atoms with van der Waals surface area (Å²) in [7, 11) is 0. The number of nitrogens with zero attached hydrogens (tertiary/aromatic N) is 1. The van der Waals surface area contributed by atoms with Crippen molar-refractivity contribution in [2.45, 2.75) is 31.6 Å². The maximum absolute atomic E-state index is 13.3. The van der Waals surface area contributed by atoms with Gasteiger partial charge in [0.25, 0.3) is 0 Å². The number of likely N-dealkylation sites (tertiary alicyclic amines) is 1. The van der Waals surface area contributed by atoms with Gasteiger partial charge in [0.2, 0.25) is 0 Å². The van der Waals surface area contributed by atoms with Crippen molar-refractivity contribution >= 4 is 0 Å². The van der Waals surface area contributed by atoms with Gasteiger partial charge in [-0.1, -0.05) is 19.1 Å². The van der Waals surface area contributed by atoms with Crippen LogP contribution in [-0.2, 0) is 0 Å².